The van der Waals surface area contributed by atoms with Crippen LogP contribution in [0, 0.1) is 0 Å². The van der Waals surface area contributed by atoms with Crippen molar-refractivity contribution in [3.05, 3.63) is 58.9 Å². The van der Waals surface area contributed by atoms with Crippen molar-refractivity contribution in [3.63, 3.8) is 0 Å². The van der Waals surface area contributed by atoms with Crippen molar-refractivity contribution in [1.82, 2.24) is 20.1 Å². The number of benzene rings is 1. The number of carbonyl (C=O) groups is 2. The van der Waals surface area contributed by atoms with Crippen molar-refractivity contribution in [1.29, 1.82) is 0 Å². The minimum Gasteiger partial charge on any atom is -0.348 e. The van der Waals surface area contributed by atoms with Gasteiger partial charge in [0, 0.05) is 17.9 Å². The van der Waals surface area contributed by atoms with E-state index in [0.29, 0.717) is 5.56 Å². The van der Waals surface area contributed by atoms with Crippen LogP contribution in [0.1, 0.15) is 25.0 Å². The predicted molar refractivity (Wildman–Crippen MR) is 105 cm³/mol. The van der Waals surface area contributed by atoms with Gasteiger partial charge in [-0.2, -0.15) is 13.2 Å². The average Bonchev–Trinajstić information content (AvgIpc) is 2.65. The van der Waals surface area contributed by atoms with Crippen LogP contribution in [0.2, 0.25) is 5.15 Å². The molecule has 3 rings (SSSR count). The second-order valence-corrected chi connectivity index (χ2v) is 7.33. The number of amides is 4. The molecule has 30 heavy (non-hydrogen) atoms. The molecule has 2 aromatic rings. The monoisotopic (exact) mass is 441 g/mol. The Morgan fingerprint density at radius 2 is 1.97 bits per heavy atom. The first-order valence-electron chi connectivity index (χ1n) is 9.01. The zero-order valence-electron chi connectivity index (χ0n) is 16.1. The molecule has 1 aliphatic heterocycles. The van der Waals surface area contributed by atoms with Gasteiger partial charge in [-0.25, -0.2) is 19.5 Å². The van der Waals surface area contributed by atoms with Crippen molar-refractivity contribution in [2.24, 2.45) is 0 Å². The van der Waals surface area contributed by atoms with Crippen LogP contribution < -0.4 is 10.6 Å². The fourth-order valence-corrected chi connectivity index (χ4v) is 3.08. The van der Waals surface area contributed by atoms with Crippen molar-refractivity contribution >= 4 is 29.4 Å². The molecule has 0 bridgehead atoms. The lowest BCUT2D eigenvalue weighted by Gasteiger charge is -2.42. The number of hydrogen-bond donors (Lipinski definition) is 2. The standard InChI is InChI=1S/C19H19ClF3N5O2/c1-11(2)28-17(29)26-16(25-14-5-3-4-13(8-14)19(21,22)23)27(18(28)30)10-12-6-7-15(20)24-9-12/h3-9,11,16,25H,10H2,1-2H3,(H,26,29). The quantitative estimate of drug-likeness (QED) is 0.669. The number of rotatable bonds is 5. The molecule has 0 aliphatic carbocycles. The van der Waals surface area contributed by atoms with E-state index in [2.05, 4.69) is 15.6 Å². The summed E-state index contributed by atoms with van der Waals surface area (Å²) in [5.74, 6) is 0. The van der Waals surface area contributed by atoms with E-state index in [0.717, 1.165) is 17.0 Å². The molecule has 0 spiro atoms. The van der Waals surface area contributed by atoms with Gasteiger partial charge in [-0.15, -0.1) is 0 Å². The van der Waals surface area contributed by atoms with Gasteiger partial charge in [0.15, 0.2) is 6.29 Å². The molecule has 1 atom stereocenters. The van der Waals surface area contributed by atoms with E-state index < -0.39 is 36.1 Å². The lowest BCUT2D eigenvalue weighted by molar-refractivity contribution is -0.137. The van der Waals surface area contributed by atoms with Gasteiger partial charge in [-0.1, -0.05) is 23.7 Å². The predicted octanol–water partition coefficient (Wildman–Crippen LogP) is 4.51. The Morgan fingerprint density at radius 3 is 2.57 bits per heavy atom. The number of nitrogens with zero attached hydrogens (tertiary/aromatic N) is 3. The molecule has 4 amide bonds. The number of pyridine rings is 1. The molecule has 2 N–H and O–H groups in total. The molecular weight excluding hydrogens is 423 g/mol. The summed E-state index contributed by atoms with van der Waals surface area (Å²) < 4.78 is 39.1. The van der Waals surface area contributed by atoms with E-state index in [1.54, 1.807) is 26.0 Å². The van der Waals surface area contributed by atoms with Crippen molar-refractivity contribution in [2.45, 2.75) is 38.9 Å². The first kappa shape index (κ1) is 21.7. The van der Waals surface area contributed by atoms with E-state index in [1.165, 1.54) is 23.2 Å². The topological polar surface area (TPSA) is 77.6 Å². The molecule has 1 aromatic carbocycles. The SMILES string of the molecule is CC(C)N1C(=O)NC(Nc2cccc(C(F)(F)F)c2)N(Cc2ccc(Cl)nc2)C1=O. The van der Waals surface area contributed by atoms with Crippen LogP contribution in [0.5, 0.6) is 0 Å². The van der Waals surface area contributed by atoms with Gasteiger partial charge in [-0.3, -0.25) is 10.2 Å². The molecular formula is C19H19ClF3N5O2. The average molecular weight is 442 g/mol. The third-order valence-corrected chi connectivity index (χ3v) is 4.62. The highest BCUT2D eigenvalue weighted by Crippen LogP contribution is 2.31. The van der Waals surface area contributed by atoms with Crippen LogP contribution in [-0.2, 0) is 12.7 Å². The number of carbonyl (C=O) groups excluding carboxylic acids is 2. The zero-order chi connectivity index (χ0) is 22.1. The molecule has 1 aliphatic rings. The van der Waals surface area contributed by atoms with Crippen LogP contribution >= 0.6 is 11.6 Å². The summed E-state index contributed by atoms with van der Waals surface area (Å²) in [6.45, 7) is 3.41. The molecule has 7 nitrogen and oxygen atoms in total. The summed E-state index contributed by atoms with van der Waals surface area (Å²) >= 11 is 5.79. The molecule has 0 saturated carbocycles. The molecule has 160 valence electrons. The maximum absolute atomic E-state index is 13.0. The van der Waals surface area contributed by atoms with Gasteiger partial charge in [0.25, 0.3) is 0 Å². The number of hydrogen-bond acceptors (Lipinski definition) is 4. The fourth-order valence-electron chi connectivity index (χ4n) is 2.97. The maximum atomic E-state index is 13.0. The van der Waals surface area contributed by atoms with Crippen LogP contribution in [0.25, 0.3) is 0 Å². The maximum Gasteiger partial charge on any atom is 0.416 e. The summed E-state index contributed by atoms with van der Waals surface area (Å²) in [7, 11) is 0. The summed E-state index contributed by atoms with van der Waals surface area (Å²) in [5.41, 5.74) is -0.123. The van der Waals surface area contributed by atoms with Gasteiger partial charge in [-0.05, 0) is 43.7 Å². The minimum absolute atomic E-state index is 0.0448. The highest BCUT2D eigenvalue weighted by atomic mass is 35.5. The van der Waals surface area contributed by atoms with Crippen LogP contribution in [0.4, 0.5) is 28.4 Å². The summed E-state index contributed by atoms with van der Waals surface area (Å²) in [6.07, 6.45) is -4.11. The Bertz CT molecular complexity index is 937. The second kappa shape index (κ2) is 8.39. The normalized spacial score (nSPS) is 17.4. The number of halogens is 4. The van der Waals surface area contributed by atoms with Gasteiger partial charge in [0.05, 0.1) is 12.1 Å². The number of urea groups is 2. The van der Waals surface area contributed by atoms with Crippen molar-refractivity contribution < 1.29 is 22.8 Å². The second-order valence-electron chi connectivity index (χ2n) is 6.94. The Kier molecular flexibility index (Phi) is 6.06. The lowest BCUT2D eigenvalue weighted by Crippen LogP contribution is -2.68. The molecule has 1 unspecified atom stereocenters. The summed E-state index contributed by atoms with van der Waals surface area (Å²) in [4.78, 5) is 31.7. The van der Waals surface area contributed by atoms with Crippen LogP contribution in [-0.4, -0.2) is 39.2 Å². The highest BCUT2D eigenvalue weighted by molar-refractivity contribution is 6.29. The van der Waals surface area contributed by atoms with Gasteiger partial charge >= 0.3 is 18.2 Å². The number of nitrogens with one attached hydrogen (secondary N) is 2. The fraction of sp³-hybridized carbons (Fsp3) is 0.316. The molecule has 0 radical (unpaired) electrons. The van der Waals surface area contributed by atoms with E-state index in [4.69, 9.17) is 11.6 Å². The lowest BCUT2D eigenvalue weighted by atomic mass is 10.2. The van der Waals surface area contributed by atoms with Crippen molar-refractivity contribution in [3.8, 4) is 0 Å². The van der Waals surface area contributed by atoms with E-state index in [-0.39, 0.29) is 17.4 Å². The van der Waals surface area contributed by atoms with Crippen LogP contribution in [0.15, 0.2) is 42.6 Å². The molecule has 11 heteroatoms. The number of aromatic nitrogens is 1. The van der Waals surface area contributed by atoms with Crippen molar-refractivity contribution in [2.75, 3.05) is 5.32 Å². The summed E-state index contributed by atoms with van der Waals surface area (Å²) in [6, 6.07) is 6.07. The van der Waals surface area contributed by atoms with E-state index in [9.17, 15) is 22.8 Å². The molecule has 1 saturated heterocycles. The number of alkyl halides is 3. The molecule has 2 heterocycles. The van der Waals surface area contributed by atoms with Gasteiger partial charge in [0.1, 0.15) is 5.15 Å². The molecule has 1 aromatic heterocycles. The van der Waals surface area contributed by atoms with Gasteiger partial charge in [0.2, 0.25) is 0 Å². The first-order valence-corrected chi connectivity index (χ1v) is 9.38. The Hall–Kier alpha value is -3.01. The number of imide groups is 1. The van der Waals surface area contributed by atoms with E-state index >= 15 is 0 Å². The third kappa shape index (κ3) is 4.76. The number of anilines is 1. The Morgan fingerprint density at radius 1 is 1.23 bits per heavy atom. The zero-order valence-corrected chi connectivity index (χ0v) is 16.8. The molecule has 1 fully saturated rings. The van der Waals surface area contributed by atoms with Crippen LogP contribution in [0.3, 0.4) is 0 Å². The van der Waals surface area contributed by atoms with Gasteiger partial charge < -0.3 is 5.32 Å². The third-order valence-electron chi connectivity index (χ3n) is 4.39. The highest BCUT2D eigenvalue weighted by Gasteiger charge is 2.40. The Labute approximate surface area is 175 Å². The first-order chi connectivity index (χ1) is 14.1. The Balaban J connectivity index is 1.90. The smallest absolute Gasteiger partial charge is 0.348 e. The van der Waals surface area contributed by atoms with E-state index in [1.807, 2.05) is 0 Å². The summed E-state index contributed by atoms with van der Waals surface area (Å²) in [5, 5.41) is 5.69. The minimum atomic E-state index is -4.52. The largest absolute Gasteiger partial charge is 0.416 e.